The zero-order valence-corrected chi connectivity index (χ0v) is 13.9. The molecule has 1 aliphatic heterocycles. The largest absolute Gasteiger partial charge is 0.492 e. The lowest BCUT2D eigenvalue weighted by Crippen LogP contribution is -2.37. The van der Waals surface area contributed by atoms with Crippen LogP contribution in [0.25, 0.3) is 0 Å². The first-order chi connectivity index (χ1) is 11.1. The number of fused-ring (bicyclic) bond motifs is 1. The summed E-state index contributed by atoms with van der Waals surface area (Å²) in [4.78, 5) is 12.5. The molecule has 2 aromatic rings. The standard InChI is InChI=1S/C18H23N3O2/c1-4-21-13(3)16(12(2)20-21)10-19-18(22)15-9-14-7-5-6-8-17(14)23-11-15/h5-8,15H,4,9-11H2,1-3H3,(H,19,22). The zero-order chi connectivity index (χ0) is 16.4. The van der Waals surface area contributed by atoms with Crippen LogP contribution in [-0.4, -0.2) is 22.3 Å². The lowest BCUT2D eigenvalue weighted by Gasteiger charge is -2.24. The molecule has 1 amide bonds. The summed E-state index contributed by atoms with van der Waals surface area (Å²) in [6.07, 6.45) is 0.730. The zero-order valence-electron chi connectivity index (χ0n) is 13.9. The van der Waals surface area contributed by atoms with Gasteiger partial charge in [0.05, 0.1) is 11.6 Å². The van der Waals surface area contributed by atoms with Crippen LogP contribution in [0.2, 0.25) is 0 Å². The van der Waals surface area contributed by atoms with Gasteiger partial charge in [-0.2, -0.15) is 5.10 Å². The number of carbonyl (C=O) groups excluding carboxylic acids is 1. The van der Waals surface area contributed by atoms with Gasteiger partial charge in [-0.1, -0.05) is 18.2 Å². The highest BCUT2D eigenvalue weighted by Crippen LogP contribution is 2.26. The Hall–Kier alpha value is -2.30. The van der Waals surface area contributed by atoms with E-state index >= 15 is 0 Å². The molecule has 0 saturated heterocycles. The Morgan fingerprint density at radius 3 is 2.91 bits per heavy atom. The van der Waals surface area contributed by atoms with Gasteiger partial charge in [0.15, 0.2) is 0 Å². The number of carbonyl (C=O) groups is 1. The Morgan fingerprint density at radius 1 is 1.39 bits per heavy atom. The summed E-state index contributed by atoms with van der Waals surface area (Å²) < 4.78 is 7.67. The van der Waals surface area contributed by atoms with Crippen LogP contribution in [0.3, 0.4) is 0 Å². The second-order valence-corrected chi connectivity index (χ2v) is 6.00. The van der Waals surface area contributed by atoms with Gasteiger partial charge in [0.1, 0.15) is 12.4 Å². The highest BCUT2D eigenvalue weighted by atomic mass is 16.5. The van der Waals surface area contributed by atoms with Crippen LogP contribution in [0.5, 0.6) is 5.75 Å². The molecule has 2 heterocycles. The Kier molecular flexibility index (Phi) is 4.37. The molecule has 0 bridgehead atoms. The Balaban J connectivity index is 1.64. The lowest BCUT2D eigenvalue weighted by atomic mass is 9.96. The van der Waals surface area contributed by atoms with Crippen LogP contribution in [0.1, 0.15) is 29.4 Å². The van der Waals surface area contributed by atoms with Gasteiger partial charge in [-0.25, -0.2) is 0 Å². The highest BCUT2D eigenvalue weighted by molar-refractivity contribution is 5.79. The minimum Gasteiger partial charge on any atom is -0.492 e. The van der Waals surface area contributed by atoms with E-state index in [9.17, 15) is 4.79 Å². The van der Waals surface area contributed by atoms with Crippen molar-refractivity contribution in [3.8, 4) is 5.75 Å². The van der Waals surface area contributed by atoms with Crippen LogP contribution in [0, 0.1) is 19.8 Å². The molecule has 1 unspecified atom stereocenters. The number of nitrogens with zero attached hydrogens (tertiary/aromatic N) is 2. The maximum absolute atomic E-state index is 12.5. The van der Waals surface area contributed by atoms with Crippen molar-refractivity contribution in [3.63, 3.8) is 0 Å². The fourth-order valence-corrected chi connectivity index (χ4v) is 3.11. The first-order valence-electron chi connectivity index (χ1n) is 8.11. The average Bonchev–Trinajstić information content (AvgIpc) is 2.85. The molecule has 1 N–H and O–H groups in total. The Morgan fingerprint density at radius 2 is 2.17 bits per heavy atom. The summed E-state index contributed by atoms with van der Waals surface area (Å²) in [6.45, 7) is 7.90. The van der Waals surface area contributed by atoms with Crippen molar-refractivity contribution in [1.29, 1.82) is 0 Å². The van der Waals surface area contributed by atoms with Crippen molar-refractivity contribution < 1.29 is 9.53 Å². The molecule has 0 radical (unpaired) electrons. The summed E-state index contributed by atoms with van der Waals surface area (Å²) in [7, 11) is 0. The van der Waals surface area contributed by atoms with Crippen molar-refractivity contribution in [1.82, 2.24) is 15.1 Å². The second kappa shape index (κ2) is 6.44. The number of amides is 1. The van der Waals surface area contributed by atoms with Gasteiger partial charge < -0.3 is 10.1 Å². The van der Waals surface area contributed by atoms with Gasteiger partial charge in [0, 0.05) is 24.3 Å². The SMILES string of the molecule is CCn1nc(C)c(CNC(=O)C2COc3ccccc3C2)c1C. The smallest absolute Gasteiger partial charge is 0.227 e. The van der Waals surface area contributed by atoms with Crippen LogP contribution >= 0.6 is 0 Å². The fraction of sp³-hybridized carbons (Fsp3) is 0.444. The van der Waals surface area contributed by atoms with Gasteiger partial charge >= 0.3 is 0 Å². The number of ether oxygens (including phenoxy) is 1. The topological polar surface area (TPSA) is 56.2 Å². The van der Waals surface area contributed by atoms with Crippen LogP contribution < -0.4 is 10.1 Å². The minimum atomic E-state index is -0.133. The monoisotopic (exact) mass is 313 g/mol. The molecule has 122 valence electrons. The number of para-hydroxylation sites is 1. The van der Waals surface area contributed by atoms with E-state index in [1.165, 1.54) is 0 Å². The van der Waals surface area contributed by atoms with Crippen LogP contribution in [-0.2, 0) is 24.3 Å². The molecule has 1 aromatic carbocycles. The van der Waals surface area contributed by atoms with E-state index < -0.39 is 0 Å². The summed E-state index contributed by atoms with van der Waals surface area (Å²) in [6, 6.07) is 7.91. The van der Waals surface area contributed by atoms with Gasteiger partial charge in [-0.05, 0) is 38.8 Å². The number of aryl methyl sites for hydroxylation is 2. The van der Waals surface area contributed by atoms with E-state index in [4.69, 9.17) is 4.74 Å². The number of benzene rings is 1. The van der Waals surface area contributed by atoms with E-state index in [0.717, 1.165) is 41.2 Å². The Bertz CT molecular complexity index is 721. The number of hydrogen-bond donors (Lipinski definition) is 1. The molecule has 0 spiro atoms. The Labute approximate surface area is 136 Å². The summed E-state index contributed by atoms with van der Waals surface area (Å²) in [5.74, 6) is 0.807. The number of hydrogen-bond acceptors (Lipinski definition) is 3. The first kappa shape index (κ1) is 15.6. The predicted octanol–water partition coefficient (Wildman–Crippen LogP) is 2.39. The van der Waals surface area contributed by atoms with Gasteiger partial charge in [0.25, 0.3) is 0 Å². The molecule has 1 aromatic heterocycles. The molecular weight excluding hydrogens is 290 g/mol. The predicted molar refractivity (Wildman–Crippen MR) is 88.4 cm³/mol. The highest BCUT2D eigenvalue weighted by Gasteiger charge is 2.26. The number of nitrogens with one attached hydrogen (secondary N) is 1. The number of aromatic nitrogens is 2. The van der Waals surface area contributed by atoms with Gasteiger partial charge in [-0.15, -0.1) is 0 Å². The average molecular weight is 313 g/mol. The molecule has 0 fully saturated rings. The maximum Gasteiger partial charge on any atom is 0.227 e. The summed E-state index contributed by atoms with van der Waals surface area (Å²) in [5, 5.41) is 7.54. The van der Waals surface area contributed by atoms with Crippen molar-refractivity contribution in [2.45, 2.75) is 40.3 Å². The quantitative estimate of drug-likeness (QED) is 0.943. The molecule has 5 nitrogen and oxygen atoms in total. The molecule has 3 rings (SSSR count). The van der Waals surface area contributed by atoms with Gasteiger partial charge in [0.2, 0.25) is 5.91 Å². The lowest BCUT2D eigenvalue weighted by molar-refractivity contribution is -0.126. The van der Waals surface area contributed by atoms with E-state index in [1.54, 1.807) is 0 Å². The molecule has 23 heavy (non-hydrogen) atoms. The third-order valence-corrected chi connectivity index (χ3v) is 4.52. The summed E-state index contributed by atoms with van der Waals surface area (Å²) in [5.41, 5.74) is 4.31. The number of rotatable bonds is 4. The minimum absolute atomic E-state index is 0.0440. The normalized spacial score (nSPS) is 16.6. The molecule has 5 heteroatoms. The van der Waals surface area contributed by atoms with Crippen molar-refractivity contribution in [3.05, 3.63) is 46.8 Å². The molecule has 0 saturated carbocycles. The van der Waals surface area contributed by atoms with Crippen LogP contribution in [0.4, 0.5) is 0 Å². The van der Waals surface area contributed by atoms with Crippen molar-refractivity contribution >= 4 is 5.91 Å². The first-order valence-corrected chi connectivity index (χ1v) is 8.11. The molecule has 1 aliphatic rings. The second-order valence-electron chi connectivity index (χ2n) is 6.00. The van der Waals surface area contributed by atoms with E-state index in [2.05, 4.69) is 17.3 Å². The summed E-state index contributed by atoms with van der Waals surface area (Å²) >= 11 is 0. The van der Waals surface area contributed by atoms with Crippen molar-refractivity contribution in [2.75, 3.05) is 6.61 Å². The fourth-order valence-electron chi connectivity index (χ4n) is 3.11. The van der Waals surface area contributed by atoms with Crippen molar-refractivity contribution in [2.24, 2.45) is 5.92 Å². The van der Waals surface area contributed by atoms with Gasteiger partial charge in [-0.3, -0.25) is 9.48 Å². The maximum atomic E-state index is 12.5. The third kappa shape index (κ3) is 3.09. The van der Waals surface area contributed by atoms with E-state index in [-0.39, 0.29) is 11.8 Å². The third-order valence-electron chi connectivity index (χ3n) is 4.52. The van der Waals surface area contributed by atoms with Crippen LogP contribution in [0.15, 0.2) is 24.3 Å². The van der Waals surface area contributed by atoms with E-state index in [0.29, 0.717) is 13.2 Å². The van der Waals surface area contributed by atoms with E-state index in [1.807, 2.05) is 42.8 Å². The molecule has 0 aliphatic carbocycles. The molecular formula is C18H23N3O2. The molecule has 1 atom stereocenters.